The number of carbonyl (C=O) groups is 1. The van der Waals surface area contributed by atoms with Gasteiger partial charge in [0.15, 0.2) is 0 Å². The van der Waals surface area contributed by atoms with Crippen LogP contribution in [0.15, 0.2) is 59.5 Å². The van der Waals surface area contributed by atoms with E-state index in [1.165, 1.54) is 30.3 Å². The summed E-state index contributed by atoms with van der Waals surface area (Å²) in [7, 11) is 1.75. The minimum absolute atomic E-state index is 0.110. The fraction of sp³-hybridized carbons (Fsp3) is 0.160. The van der Waals surface area contributed by atoms with E-state index in [1.807, 2.05) is 6.92 Å². The molecule has 0 aliphatic rings. The lowest BCUT2D eigenvalue weighted by atomic mass is 9.99. The summed E-state index contributed by atoms with van der Waals surface area (Å²) in [5.74, 6) is -0.537. The van der Waals surface area contributed by atoms with E-state index in [1.54, 1.807) is 36.9 Å². The van der Waals surface area contributed by atoms with Gasteiger partial charge in [-0.2, -0.15) is 0 Å². The smallest absolute Gasteiger partial charge is 0.323 e. The monoisotopic (exact) mass is 463 g/mol. The quantitative estimate of drug-likeness (QED) is 0.372. The molecular formula is C25H23F2N5O2. The maximum atomic E-state index is 14.7. The molecule has 34 heavy (non-hydrogen) atoms. The van der Waals surface area contributed by atoms with Crippen molar-refractivity contribution in [1.29, 1.82) is 0 Å². The first kappa shape index (κ1) is 22.9. The van der Waals surface area contributed by atoms with E-state index in [2.05, 4.69) is 20.9 Å². The number of fused-ring (bicyclic) bond motifs is 1. The van der Waals surface area contributed by atoms with Crippen LogP contribution in [0.2, 0.25) is 0 Å². The molecule has 2 amide bonds. The number of urea groups is 1. The second kappa shape index (κ2) is 9.30. The molecule has 2 aromatic carbocycles. The molecule has 0 saturated heterocycles. The van der Waals surface area contributed by atoms with Crippen molar-refractivity contribution >= 4 is 34.1 Å². The van der Waals surface area contributed by atoms with Gasteiger partial charge in [-0.25, -0.2) is 18.6 Å². The third-order valence-electron chi connectivity index (χ3n) is 5.49. The molecule has 2 aromatic heterocycles. The Balaban J connectivity index is 1.75. The number of hydrogen-bond acceptors (Lipinski definition) is 4. The number of nitrogens with zero attached hydrogens (tertiary/aromatic N) is 2. The highest BCUT2D eigenvalue weighted by Gasteiger charge is 2.17. The number of aryl methyl sites for hydroxylation is 2. The summed E-state index contributed by atoms with van der Waals surface area (Å²) in [6.45, 7) is 3.99. The van der Waals surface area contributed by atoms with Crippen molar-refractivity contribution < 1.29 is 13.6 Å². The van der Waals surface area contributed by atoms with Gasteiger partial charge in [-0.05, 0) is 61.4 Å². The Morgan fingerprint density at radius 2 is 1.85 bits per heavy atom. The molecule has 0 bridgehead atoms. The Kier molecular flexibility index (Phi) is 6.27. The molecule has 4 aromatic rings. The number of hydrogen-bond donors (Lipinski definition) is 3. The molecule has 4 rings (SSSR count). The van der Waals surface area contributed by atoms with Crippen molar-refractivity contribution in [2.24, 2.45) is 0 Å². The third-order valence-corrected chi connectivity index (χ3v) is 5.49. The van der Waals surface area contributed by atoms with Crippen LogP contribution >= 0.6 is 0 Å². The first-order valence-electron chi connectivity index (χ1n) is 10.7. The summed E-state index contributed by atoms with van der Waals surface area (Å²) >= 11 is 0. The minimum Gasteiger partial charge on any atom is -0.373 e. The fourth-order valence-electron chi connectivity index (χ4n) is 3.83. The summed E-state index contributed by atoms with van der Waals surface area (Å²) < 4.78 is 29.7. The van der Waals surface area contributed by atoms with Gasteiger partial charge in [0.25, 0.3) is 5.56 Å². The summed E-state index contributed by atoms with van der Waals surface area (Å²) in [5.41, 5.74) is 1.97. The van der Waals surface area contributed by atoms with Crippen molar-refractivity contribution in [3.8, 4) is 11.1 Å². The second-order valence-corrected chi connectivity index (χ2v) is 7.72. The molecule has 0 saturated carbocycles. The van der Waals surface area contributed by atoms with E-state index >= 15 is 0 Å². The fourth-order valence-corrected chi connectivity index (χ4v) is 3.83. The van der Waals surface area contributed by atoms with Gasteiger partial charge < -0.3 is 20.5 Å². The lowest BCUT2D eigenvalue weighted by Gasteiger charge is -2.15. The number of carbonyl (C=O) groups excluding carboxylic acids is 1. The first-order valence-corrected chi connectivity index (χ1v) is 10.7. The predicted octanol–water partition coefficient (Wildman–Crippen LogP) is 5.36. The summed E-state index contributed by atoms with van der Waals surface area (Å²) in [4.78, 5) is 30.1. The van der Waals surface area contributed by atoms with Gasteiger partial charge in [-0.1, -0.05) is 6.07 Å². The lowest BCUT2D eigenvalue weighted by Crippen LogP contribution is -2.22. The molecular weight excluding hydrogens is 440 g/mol. The van der Waals surface area contributed by atoms with Crippen LogP contribution in [-0.2, 0) is 6.54 Å². The number of benzene rings is 2. The van der Waals surface area contributed by atoms with Crippen molar-refractivity contribution in [3.63, 3.8) is 0 Å². The van der Waals surface area contributed by atoms with Crippen molar-refractivity contribution in [1.82, 2.24) is 9.55 Å². The number of pyridine rings is 2. The number of halogens is 2. The maximum absolute atomic E-state index is 14.7. The molecule has 0 atom stereocenters. The molecule has 9 heteroatoms. The molecule has 2 heterocycles. The van der Waals surface area contributed by atoms with Crippen LogP contribution in [-0.4, -0.2) is 22.6 Å². The van der Waals surface area contributed by atoms with Crippen LogP contribution in [0.3, 0.4) is 0 Å². The molecule has 0 unspecified atom stereocenters. The molecule has 0 fully saturated rings. The summed E-state index contributed by atoms with van der Waals surface area (Å²) in [6.07, 6.45) is 1.67. The average Bonchev–Trinajstić information content (AvgIpc) is 2.80. The van der Waals surface area contributed by atoms with Gasteiger partial charge in [0.1, 0.15) is 17.5 Å². The molecule has 3 N–H and O–H groups in total. The highest BCUT2D eigenvalue weighted by atomic mass is 19.1. The summed E-state index contributed by atoms with van der Waals surface area (Å²) in [5, 5.41) is 8.61. The van der Waals surface area contributed by atoms with Gasteiger partial charge in [0, 0.05) is 42.5 Å². The molecule has 0 radical (unpaired) electrons. The topological polar surface area (TPSA) is 88.1 Å². The molecule has 7 nitrogen and oxygen atoms in total. The molecule has 174 valence electrons. The van der Waals surface area contributed by atoms with Crippen LogP contribution < -0.4 is 21.5 Å². The number of nitrogens with one attached hydrogen (secondary N) is 3. The normalized spacial score (nSPS) is 10.9. The van der Waals surface area contributed by atoms with Crippen LogP contribution in [0, 0.1) is 18.6 Å². The predicted molar refractivity (Wildman–Crippen MR) is 130 cm³/mol. The van der Waals surface area contributed by atoms with Crippen LogP contribution in [0.5, 0.6) is 0 Å². The Morgan fingerprint density at radius 3 is 2.56 bits per heavy atom. The van der Waals surface area contributed by atoms with Crippen molar-refractivity contribution in [3.05, 3.63) is 82.3 Å². The Hall–Kier alpha value is -4.27. The maximum Gasteiger partial charge on any atom is 0.323 e. The van der Waals surface area contributed by atoms with E-state index in [0.29, 0.717) is 29.1 Å². The lowest BCUT2D eigenvalue weighted by molar-refractivity contribution is 0.262. The van der Waals surface area contributed by atoms with E-state index in [-0.39, 0.29) is 16.9 Å². The van der Waals surface area contributed by atoms with E-state index in [9.17, 15) is 18.4 Å². The highest BCUT2D eigenvalue weighted by Crippen LogP contribution is 2.29. The van der Waals surface area contributed by atoms with E-state index < -0.39 is 17.7 Å². The molecule has 0 aliphatic carbocycles. The average molecular weight is 463 g/mol. The van der Waals surface area contributed by atoms with Crippen LogP contribution in [0.4, 0.5) is 30.8 Å². The number of amides is 2. The van der Waals surface area contributed by atoms with Gasteiger partial charge in [-0.3, -0.25) is 4.79 Å². The Morgan fingerprint density at radius 1 is 1.06 bits per heavy atom. The first-order chi connectivity index (χ1) is 16.3. The van der Waals surface area contributed by atoms with Gasteiger partial charge >= 0.3 is 6.03 Å². The Labute approximate surface area is 194 Å². The van der Waals surface area contributed by atoms with Gasteiger partial charge in [0.05, 0.1) is 11.2 Å². The van der Waals surface area contributed by atoms with E-state index in [0.717, 1.165) is 17.0 Å². The zero-order chi connectivity index (χ0) is 24.4. The molecule has 0 spiro atoms. The SMILES string of the molecule is CCn1c(=O)c(-c2cc(NC(=O)Nc3cccc(F)c3)c(F)cc2C)cc2cnc(NC)cc21. The summed E-state index contributed by atoms with van der Waals surface area (Å²) in [6, 6.07) is 10.8. The minimum atomic E-state index is -0.743. The van der Waals surface area contributed by atoms with Crippen LogP contribution in [0.25, 0.3) is 22.0 Å². The van der Waals surface area contributed by atoms with Crippen molar-refractivity contribution in [2.75, 3.05) is 23.0 Å². The number of aromatic nitrogens is 2. The second-order valence-electron chi connectivity index (χ2n) is 7.72. The van der Waals surface area contributed by atoms with Crippen LogP contribution in [0.1, 0.15) is 12.5 Å². The zero-order valence-electron chi connectivity index (χ0n) is 18.9. The standard InChI is InChI=1S/C25H23F2N5O2/c1-4-32-22-12-23(28-3)29-13-15(22)9-19(24(32)33)18-11-21(20(27)8-14(18)2)31-25(34)30-17-7-5-6-16(26)10-17/h5-13H,4H2,1-3H3,(H,28,29)(H2,30,31,34). The number of anilines is 3. The number of rotatable bonds is 5. The molecule has 0 aliphatic heterocycles. The highest BCUT2D eigenvalue weighted by molar-refractivity contribution is 6.00. The van der Waals surface area contributed by atoms with E-state index in [4.69, 9.17) is 0 Å². The third kappa shape index (κ3) is 4.45. The largest absolute Gasteiger partial charge is 0.373 e. The van der Waals surface area contributed by atoms with Gasteiger partial charge in [0.2, 0.25) is 0 Å². The zero-order valence-corrected chi connectivity index (χ0v) is 18.9. The van der Waals surface area contributed by atoms with Gasteiger partial charge in [-0.15, -0.1) is 0 Å². The Bertz CT molecular complexity index is 1470. The van der Waals surface area contributed by atoms with Crippen molar-refractivity contribution in [2.45, 2.75) is 20.4 Å².